The van der Waals surface area contributed by atoms with E-state index in [4.69, 9.17) is 27.9 Å². The van der Waals surface area contributed by atoms with Gasteiger partial charge >= 0.3 is 0 Å². The Kier molecular flexibility index (Phi) is 4.77. The van der Waals surface area contributed by atoms with E-state index in [1.54, 1.807) is 18.2 Å². The summed E-state index contributed by atoms with van der Waals surface area (Å²) in [6, 6.07) is 9.08. The molecule has 21 heavy (non-hydrogen) atoms. The number of hydrogen-bond donors (Lipinski definition) is 0. The zero-order chi connectivity index (χ0) is 15.4. The van der Waals surface area contributed by atoms with Crippen molar-refractivity contribution in [1.29, 1.82) is 0 Å². The monoisotopic (exact) mass is 325 g/mol. The van der Waals surface area contributed by atoms with Crippen LogP contribution in [0.3, 0.4) is 0 Å². The molecule has 0 aliphatic heterocycles. The topological polar surface area (TPSA) is 69.4 Å². The lowest BCUT2D eigenvalue weighted by molar-refractivity contribution is -0.385. The van der Waals surface area contributed by atoms with E-state index < -0.39 is 4.92 Å². The van der Waals surface area contributed by atoms with E-state index in [1.807, 2.05) is 0 Å². The summed E-state index contributed by atoms with van der Waals surface area (Å²) < 4.78 is 5.46. The third kappa shape index (κ3) is 3.32. The maximum atomic E-state index is 11.0. The number of nitro groups is 1. The molecular weight excluding hydrogens is 317 g/mol. The molecule has 0 radical (unpaired) electrons. The summed E-state index contributed by atoms with van der Waals surface area (Å²) in [5.41, 5.74) is 0.284. The molecule has 0 unspecified atom stereocenters. The molecule has 0 saturated heterocycles. The van der Waals surface area contributed by atoms with Crippen LogP contribution in [0, 0.1) is 10.1 Å². The lowest BCUT2D eigenvalue weighted by Crippen LogP contribution is -2.03. The first-order valence-electron chi connectivity index (χ1n) is 5.83. The van der Waals surface area contributed by atoms with Crippen molar-refractivity contribution in [2.45, 2.75) is 6.61 Å². The number of rotatable bonds is 5. The van der Waals surface area contributed by atoms with Crippen LogP contribution in [0.4, 0.5) is 5.69 Å². The van der Waals surface area contributed by atoms with Gasteiger partial charge in [-0.15, -0.1) is 0 Å². The highest BCUT2D eigenvalue weighted by molar-refractivity contribution is 6.33. The van der Waals surface area contributed by atoms with Crippen LogP contribution in [0.5, 0.6) is 5.75 Å². The van der Waals surface area contributed by atoms with E-state index >= 15 is 0 Å². The predicted molar refractivity (Wildman–Crippen MR) is 79.3 cm³/mol. The van der Waals surface area contributed by atoms with E-state index in [2.05, 4.69) is 0 Å². The van der Waals surface area contributed by atoms with Crippen molar-refractivity contribution in [1.82, 2.24) is 0 Å². The maximum absolute atomic E-state index is 11.0. The third-order valence-corrected chi connectivity index (χ3v) is 3.48. The Morgan fingerprint density at radius 2 is 1.81 bits per heavy atom. The van der Waals surface area contributed by atoms with Gasteiger partial charge in [0.2, 0.25) is 0 Å². The number of benzene rings is 2. The average molecular weight is 326 g/mol. The fraction of sp³-hybridized carbons (Fsp3) is 0.0714. The number of hydrogen-bond acceptors (Lipinski definition) is 4. The SMILES string of the molecule is O=Cc1c(Cl)cccc1OCc1c(Cl)cccc1[N+](=O)[O-]. The Bertz CT molecular complexity index is 703. The van der Waals surface area contributed by atoms with E-state index in [9.17, 15) is 14.9 Å². The van der Waals surface area contributed by atoms with Gasteiger partial charge in [-0.3, -0.25) is 14.9 Å². The molecule has 0 heterocycles. The van der Waals surface area contributed by atoms with Crippen molar-refractivity contribution >= 4 is 35.2 Å². The van der Waals surface area contributed by atoms with E-state index in [0.717, 1.165) is 0 Å². The van der Waals surface area contributed by atoms with Crippen molar-refractivity contribution in [3.05, 3.63) is 67.7 Å². The molecule has 0 atom stereocenters. The molecule has 2 aromatic rings. The normalized spacial score (nSPS) is 10.2. The van der Waals surface area contributed by atoms with Gasteiger partial charge in [-0.05, 0) is 18.2 Å². The van der Waals surface area contributed by atoms with Gasteiger partial charge in [0, 0.05) is 6.07 Å². The molecule has 0 aliphatic rings. The molecule has 0 aromatic heterocycles. The van der Waals surface area contributed by atoms with Crippen LogP contribution in [0.15, 0.2) is 36.4 Å². The highest BCUT2D eigenvalue weighted by Gasteiger charge is 2.18. The van der Waals surface area contributed by atoms with Crippen LogP contribution in [0.2, 0.25) is 10.0 Å². The minimum Gasteiger partial charge on any atom is -0.488 e. The lowest BCUT2D eigenvalue weighted by atomic mass is 10.2. The summed E-state index contributed by atoms with van der Waals surface area (Å²) in [6.45, 7) is -0.142. The first-order chi connectivity index (χ1) is 10.0. The van der Waals surface area contributed by atoms with Crippen molar-refractivity contribution in [2.75, 3.05) is 0 Å². The predicted octanol–water partition coefficient (Wildman–Crippen LogP) is 4.29. The Balaban J connectivity index is 2.31. The molecule has 0 N–H and O–H groups in total. The molecule has 2 rings (SSSR count). The largest absolute Gasteiger partial charge is 0.488 e. The summed E-state index contributed by atoms with van der Waals surface area (Å²) in [5.74, 6) is 0.242. The molecule has 0 bridgehead atoms. The third-order valence-electron chi connectivity index (χ3n) is 2.79. The van der Waals surface area contributed by atoms with E-state index in [0.29, 0.717) is 6.29 Å². The van der Waals surface area contributed by atoms with Gasteiger partial charge in [0.25, 0.3) is 5.69 Å². The molecule has 5 nitrogen and oxygen atoms in total. The minimum absolute atomic E-state index is 0.141. The average Bonchev–Trinajstić information content (AvgIpc) is 2.45. The molecule has 0 aliphatic carbocycles. The second-order valence-electron chi connectivity index (χ2n) is 4.05. The van der Waals surface area contributed by atoms with Crippen molar-refractivity contribution in [3.8, 4) is 5.75 Å². The number of aldehydes is 1. The van der Waals surface area contributed by atoms with Crippen molar-refractivity contribution in [2.24, 2.45) is 0 Å². The molecule has 0 fully saturated rings. The lowest BCUT2D eigenvalue weighted by Gasteiger charge is -2.10. The number of halogens is 2. The fourth-order valence-corrected chi connectivity index (χ4v) is 2.20. The minimum atomic E-state index is -0.539. The zero-order valence-electron chi connectivity index (χ0n) is 10.6. The van der Waals surface area contributed by atoms with Crippen LogP contribution in [-0.2, 0) is 6.61 Å². The zero-order valence-corrected chi connectivity index (χ0v) is 12.1. The quantitative estimate of drug-likeness (QED) is 0.467. The second kappa shape index (κ2) is 6.56. The van der Waals surface area contributed by atoms with E-state index in [1.165, 1.54) is 18.2 Å². The molecular formula is C14H9Cl2NO4. The van der Waals surface area contributed by atoms with Crippen LogP contribution < -0.4 is 4.74 Å². The second-order valence-corrected chi connectivity index (χ2v) is 4.87. The van der Waals surface area contributed by atoms with Gasteiger partial charge in [-0.2, -0.15) is 0 Å². The van der Waals surface area contributed by atoms with Crippen molar-refractivity contribution < 1.29 is 14.5 Å². The van der Waals surface area contributed by atoms with Gasteiger partial charge in [0.1, 0.15) is 12.4 Å². The van der Waals surface area contributed by atoms with Crippen LogP contribution in [-0.4, -0.2) is 11.2 Å². The number of nitro benzene ring substituents is 1. The number of carbonyl (C=O) groups excluding carboxylic acids is 1. The fourth-order valence-electron chi connectivity index (χ4n) is 1.77. The van der Waals surface area contributed by atoms with E-state index in [-0.39, 0.29) is 39.2 Å². The Morgan fingerprint density at radius 3 is 2.48 bits per heavy atom. The number of nitrogens with zero attached hydrogens (tertiary/aromatic N) is 1. The van der Waals surface area contributed by atoms with Gasteiger partial charge in [-0.1, -0.05) is 35.3 Å². The van der Waals surface area contributed by atoms with Gasteiger partial charge in [0.05, 0.1) is 26.1 Å². The molecule has 0 spiro atoms. The molecule has 0 saturated carbocycles. The molecule has 7 heteroatoms. The first-order valence-corrected chi connectivity index (χ1v) is 6.58. The smallest absolute Gasteiger partial charge is 0.277 e. The molecule has 0 amide bonds. The Labute approximate surface area is 130 Å². The maximum Gasteiger partial charge on any atom is 0.277 e. The summed E-state index contributed by atoms with van der Waals surface area (Å²) in [5, 5.41) is 11.4. The molecule has 108 valence electrons. The van der Waals surface area contributed by atoms with Crippen molar-refractivity contribution in [3.63, 3.8) is 0 Å². The summed E-state index contributed by atoms with van der Waals surface area (Å²) >= 11 is 11.8. The molecule has 2 aromatic carbocycles. The standard InChI is InChI=1S/C14H9Cl2NO4/c15-11-4-2-6-14(9(11)7-18)21-8-10-12(16)3-1-5-13(10)17(19)20/h1-7H,8H2. The number of ether oxygens (including phenoxy) is 1. The van der Waals surface area contributed by atoms with Crippen LogP contribution >= 0.6 is 23.2 Å². The Hall–Kier alpha value is -2.11. The van der Waals surface area contributed by atoms with Gasteiger partial charge < -0.3 is 4.74 Å². The van der Waals surface area contributed by atoms with Crippen LogP contribution in [0.1, 0.15) is 15.9 Å². The summed E-state index contributed by atoms with van der Waals surface area (Å²) in [6.07, 6.45) is 0.568. The highest BCUT2D eigenvalue weighted by Crippen LogP contribution is 2.30. The summed E-state index contributed by atoms with van der Waals surface area (Å²) in [4.78, 5) is 21.4. The van der Waals surface area contributed by atoms with Gasteiger partial charge in [0.15, 0.2) is 6.29 Å². The highest BCUT2D eigenvalue weighted by atomic mass is 35.5. The van der Waals surface area contributed by atoms with Gasteiger partial charge in [-0.25, -0.2) is 0 Å². The number of carbonyl (C=O) groups is 1. The Morgan fingerprint density at radius 1 is 1.14 bits per heavy atom. The summed E-state index contributed by atoms with van der Waals surface area (Å²) in [7, 11) is 0. The van der Waals surface area contributed by atoms with Crippen LogP contribution in [0.25, 0.3) is 0 Å². The first kappa shape index (κ1) is 15.3.